The second-order valence-corrected chi connectivity index (χ2v) is 5.40. The van der Waals surface area contributed by atoms with Crippen molar-refractivity contribution in [2.45, 2.75) is 51.4 Å². The summed E-state index contributed by atoms with van der Waals surface area (Å²) in [4.78, 5) is 15.8. The van der Waals surface area contributed by atoms with Crippen molar-refractivity contribution in [2.24, 2.45) is 5.41 Å². The van der Waals surface area contributed by atoms with Crippen molar-refractivity contribution in [1.82, 2.24) is 4.98 Å². The largest absolute Gasteiger partial charge is 0.303 e. The third-order valence-corrected chi connectivity index (χ3v) is 4.00. The van der Waals surface area contributed by atoms with Gasteiger partial charge in [0.2, 0.25) is 0 Å². The summed E-state index contributed by atoms with van der Waals surface area (Å²) in [6, 6.07) is 6.02. The van der Waals surface area contributed by atoms with Crippen molar-refractivity contribution in [2.75, 3.05) is 0 Å². The van der Waals surface area contributed by atoms with Crippen LogP contribution >= 0.6 is 0 Å². The van der Waals surface area contributed by atoms with E-state index in [2.05, 4.69) is 18.0 Å². The average molecular weight is 231 g/mol. The molecule has 1 aliphatic carbocycles. The molecule has 1 aliphatic rings. The number of rotatable bonds is 4. The Balaban J connectivity index is 2.06. The SMILES string of the molecule is CC(CC1(C=O)CCCCC1)c1ccccn1. The molecule has 2 rings (SSSR count). The predicted octanol–water partition coefficient (Wildman–Crippen LogP) is 3.72. The highest BCUT2D eigenvalue weighted by molar-refractivity contribution is 5.59. The van der Waals surface area contributed by atoms with Gasteiger partial charge in [0.1, 0.15) is 6.29 Å². The van der Waals surface area contributed by atoms with Crippen LogP contribution in [0.25, 0.3) is 0 Å². The van der Waals surface area contributed by atoms with Gasteiger partial charge in [0.05, 0.1) is 0 Å². The van der Waals surface area contributed by atoms with E-state index >= 15 is 0 Å². The minimum Gasteiger partial charge on any atom is -0.303 e. The smallest absolute Gasteiger partial charge is 0.126 e. The Kier molecular flexibility index (Phi) is 3.93. The molecule has 0 amide bonds. The summed E-state index contributed by atoms with van der Waals surface area (Å²) in [5.74, 6) is 0.375. The quantitative estimate of drug-likeness (QED) is 0.739. The van der Waals surface area contributed by atoms with Crippen LogP contribution in [-0.2, 0) is 4.79 Å². The topological polar surface area (TPSA) is 30.0 Å². The molecule has 0 aromatic carbocycles. The van der Waals surface area contributed by atoms with Crippen molar-refractivity contribution in [3.8, 4) is 0 Å². The molecule has 2 nitrogen and oxygen atoms in total. The van der Waals surface area contributed by atoms with Gasteiger partial charge in [-0.2, -0.15) is 0 Å². The summed E-state index contributed by atoms with van der Waals surface area (Å²) in [5.41, 5.74) is 1.04. The number of aromatic nitrogens is 1. The zero-order valence-corrected chi connectivity index (χ0v) is 10.6. The summed E-state index contributed by atoms with van der Waals surface area (Å²) in [6.07, 6.45) is 9.82. The lowest BCUT2D eigenvalue weighted by Crippen LogP contribution is -2.27. The van der Waals surface area contributed by atoms with Crippen molar-refractivity contribution < 1.29 is 4.79 Å². The summed E-state index contributed by atoms with van der Waals surface area (Å²) in [6.45, 7) is 2.18. The van der Waals surface area contributed by atoms with Gasteiger partial charge in [-0.05, 0) is 37.3 Å². The minimum atomic E-state index is -0.0742. The molecule has 1 heterocycles. The average Bonchev–Trinajstić information content (AvgIpc) is 2.41. The molecular weight excluding hydrogens is 210 g/mol. The summed E-state index contributed by atoms with van der Waals surface area (Å²) in [5, 5.41) is 0. The number of hydrogen-bond donors (Lipinski definition) is 0. The second-order valence-electron chi connectivity index (χ2n) is 5.40. The van der Waals surface area contributed by atoms with Crippen molar-refractivity contribution in [1.29, 1.82) is 0 Å². The molecule has 0 bridgehead atoms. The predicted molar refractivity (Wildman–Crippen MR) is 68.9 cm³/mol. The molecular formula is C15H21NO. The van der Waals surface area contributed by atoms with Crippen molar-refractivity contribution in [3.05, 3.63) is 30.1 Å². The Bertz CT molecular complexity index is 354. The molecule has 1 saturated carbocycles. The van der Waals surface area contributed by atoms with Gasteiger partial charge in [-0.1, -0.05) is 32.3 Å². The first-order valence-corrected chi connectivity index (χ1v) is 6.63. The van der Waals surface area contributed by atoms with Crippen LogP contribution in [0.4, 0.5) is 0 Å². The van der Waals surface area contributed by atoms with Gasteiger partial charge >= 0.3 is 0 Å². The summed E-state index contributed by atoms with van der Waals surface area (Å²) >= 11 is 0. The lowest BCUT2D eigenvalue weighted by molar-refractivity contribution is -0.118. The van der Waals surface area contributed by atoms with Crippen LogP contribution < -0.4 is 0 Å². The van der Waals surface area contributed by atoms with E-state index in [4.69, 9.17) is 0 Å². The van der Waals surface area contributed by atoms with Crippen LogP contribution in [0.1, 0.15) is 57.1 Å². The van der Waals surface area contributed by atoms with Crippen LogP contribution in [0.2, 0.25) is 0 Å². The summed E-state index contributed by atoms with van der Waals surface area (Å²) in [7, 11) is 0. The number of pyridine rings is 1. The Labute approximate surface area is 103 Å². The van der Waals surface area contributed by atoms with Crippen LogP contribution in [0, 0.1) is 5.41 Å². The molecule has 1 atom stereocenters. The van der Waals surface area contributed by atoms with Gasteiger partial charge in [0, 0.05) is 17.3 Å². The van der Waals surface area contributed by atoms with Gasteiger partial charge < -0.3 is 4.79 Å². The first kappa shape index (κ1) is 12.3. The Morgan fingerprint density at radius 2 is 2.12 bits per heavy atom. The maximum Gasteiger partial charge on any atom is 0.126 e. The highest BCUT2D eigenvalue weighted by atomic mass is 16.1. The molecule has 1 fully saturated rings. The van der Waals surface area contributed by atoms with Crippen molar-refractivity contribution >= 4 is 6.29 Å². The maximum absolute atomic E-state index is 11.4. The highest BCUT2D eigenvalue weighted by Gasteiger charge is 2.33. The van der Waals surface area contributed by atoms with Crippen LogP contribution in [0.5, 0.6) is 0 Å². The zero-order chi connectivity index (χ0) is 12.1. The number of aldehydes is 1. The van der Waals surface area contributed by atoms with E-state index < -0.39 is 0 Å². The van der Waals surface area contributed by atoms with E-state index in [-0.39, 0.29) is 5.41 Å². The van der Waals surface area contributed by atoms with Gasteiger partial charge in [0.25, 0.3) is 0 Å². The summed E-state index contributed by atoms with van der Waals surface area (Å²) < 4.78 is 0. The van der Waals surface area contributed by atoms with Gasteiger partial charge in [-0.3, -0.25) is 4.98 Å². The fourth-order valence-electron chi connectivity index (χ4n) is 3.01. The molecule has 0 radical (unpaired) electrons. The lowest BCUT2D eigenvalue weighted by Gasteiger charge is -2.34. The molecule has 0 saturated heterocycles. The van der Waals surface area contributed by atoms with E-state index in [0.29, 0.717) is 5.92 Å². The monoisotopic (exact) mass is 231 g/mol. The third-order valence-electron chi connectivity index (χ3n) is 4.00. The maximum atomic E-state index is 11.4. The molecule has 1 aromatic rings. The van der Waals surface area contributed by atoms with Crippen molar-refractivity contribution in [3.63, 3.8) is 0 Å². The molecule has 2 heteroatoms. The van der Waals surface area contributed by atoms with E-state index in [1.165, 1.54) is 25.5 Å². The van der Waals surface area contributed by atoms with E-state index in [1.54, 1.807) is 0 Å². The Morgan fingerprint density at radius 3 is 2.71 bits per heavy atom. The lowest BCUT2D eigenvalue weighted by atomic mass is 9.70. The first-order chi connectivity index (χ1) is 8.26. The highest BCUT2D eigenvalue weighted by Crippen LogP contribution is 2.41. The minimum absolute atomic E-state index is 0.0742. The number of hydrogen-bond acceptors (Lipinski definition) is 2. The van der Waals surface area contributed by atoms with Crippen LogP contribution in [0.15, 0.2) is 24.4 Å². The molecule has 0 aliphatic heterocycles. The Hall–Kier alpha value is -1.18. The van der Waals surface area contributed by atoms with Gasteiger partial charge in [-0.15, -0.1) is 0 Å². The molecule has 1 unspecified atom stereocenters. The van der Waals surface area contributed by atoms with E-state index in [9.17, 15) is 4.79 Å². The standard InChI is InChI=1S/C15H21NO/c1-13(14-7-3-6-10-16-14)11-15(12-17)8-4-2-5-9-15/h3,6-7,10,12-13H,2,4-5,8-9,11H2,1H3. The Morgan fingerprint density at radius 1 is 1.35 bits per heavy atom. The normalized spacial score (nSPS) is 20.8. The van der Waals surface area contributed by atoms with Gasteiger partial charge in [-0.25, -0.2) is 0 Å². The molecule has 17 heavy (non-hydrogen) atoms. The first-order valence-electron chi connectivity index (χ1n) is 6.63. The number of carbonyl (C=O) groups is 1. The fraction of sp³-hybridized carbons (Fsp3) is 0.600. The van der Waals surface area contributed by atoms with Gasteiger partial charge in [0.15, 0.2) is 0 Å². The molecule has 1 aromatic heterocycles. The molecule has 0 N–H and O–H groups in total. The van der Waals surface area contributed by atoms with E-state index in [0.717, 1.165) is 25.0 Å². The fourth-order valence-corrected chi connectivity index (χ4v) is 3.01. The molecule has 92 valence electrons. The third kappa shape index (κ3) is 2.93. The second kappa shape index (κ2) is 5.44. The number of nitrogens with zero attached hydrogens (tertiary/aromatic N) is 1. The van der Waals surface area contributed by atoms with E-state index in [1.807, 2.05) is 18.3 Å². The zero-order valence-electron chi connectivity index (χ0n) is 10.6. The number of carbonyl (C=O) groups excluding carboxylic acids is 1. The van der Waals surface area contributed by atoms with Crippen LogP contribution in [-0.4, -0.2) is 11.3 Å². The molecule has 0 spiro atoms. The van der Waals surface area contributed by atoms with Crippen LogP contribution in [0.3, 0.4) is 0 Å².